The lowest BCUT2D eigenvalue weighted by molar-refractivity contribution is -0.178. The zero-order valence-corrected chi connectivity index (χ0v) is 13.4. The van der Waals surface area contributed by atoms with E-state index in [4.69, 9.17) is 4.84 Å². The van der Waals surface area contributed by atoms with Gasteiger partial charge in [-0.15, -0.1) is 0 Å². The summed E-state index contributed by atoms with van der Waals surface area (Å²) in [5, 5.41) is 0.496. The third-order valence-corrected chi connectivity index (χ3v) is 4.34. The van der Waals surface area contributed by atoms with Crippen molar-refractivity contribution in [2.24, 2.45) is 0 Å². The molecule has 1 atom stereocenters. The van der Waals surface area contributed by atoms with Crippen molar-refractivity contribution >= 4 is 23.7 Å². The molecule has 7 nitrogen and oxygen atoms in total. The Morgan fingerprint density at radius 2 is 1.75 bits per heavy atom. The second-order valence-electron chi connectivity index (χ2n) is 5.81. The number of carbonyl (C=O) groups excluding carboxylic acids is 4. The van der Waals surface area contributed by atoms with Crippen LogP contribution in [-0.4, -0.2) is 46.2 Å². The standard InChI is InChI=1S/C17H18N2O5/c1-2-14(20)18-10-6-5-9-13(18)17(23)24-19-15(21)11-7-3-4-8-12(11)16(19)22/h3-4,7-8,13H,2,5-6,9-10H2,1H3. The molecule has 2 heterocycles. The molecule has 0 aliphatic carbocycles. The van der Waals surface area contributed by atoms with Crippen molar-refractivity contribution in [3.63, 3.8) is 0 Å². The smallest absolute Gasteiger partial charge is 0.329 e. The predicted octanol–water partition coefficient (Wildman–Crippen LogP) is 1.53. The minimum atomic E-state index is -0.754. The maximum absolute atomic E-state index is 12.5. The summed E-state index contributed by atoms with van der Waals surface area (Å²) in [6, 6.07) is 5.54. The van der Waals surface area contributed by atoms with Crippen LogP contribution in [0.4, 0.5) is 0 Å². The summed E-state index contributed by atoms with van der Waals surface area (Å²) in [4.78, 5) is 55.5. The van der Waals surface area contributed by atoms with Gasteiger partial charge in [-0.3, -0.25) is 14.4 Å². The average Bonchev–Trinajstić information content (AvgIpc) is 2.86. The zero-order valence-electron chi connectivity index (χ0n) is 13.4. The van der Waals surface area contributed by atoms with Gasteiger partial charge in [0.05, 0.1) is 11.1 Å². The number of likely N-dealkylation sites (tertiary alicyclic amines) is 1. The number of imide groups is 1. The Balaban J connectivity index is 1.76. The number of piperidine rings is 1. The predicted molar refractivity (Wildman–Crippen MR) is 82.7 cm³/mol. The van der Waals surface area contributed by atoms with Crippen molar-refractivity contribution in [3.8, 4) is 0 Å². The average molecular weight is 330 g/mol. The fraction of sp³-hybridized carbons (Fsp3) is 0.412. The van der Waals surface area contributed by atoms with Crippen LogP contribution in [0.15, 0.2) is 24.3 Å². The first-order valence-corrected chi connectivity index (χ1v) is 8.03. The van der Waals surface area contributed by atoms with Gasteiger partial charge >= 0.3 is 5.97 Å². The number of rotatable bonds is 3. The highest BCUT2D eigenvalue weighted by atomic mass is 16.7. The summed E-state index contributed by atoms with van der Waals surface area (Å²) < 4.78 is 0. The molecule has 3 rings (SSSR count). The van der Waals surface area contributed by atoms with Gasteiger partial charge in [-0.05, 0) is 31.4 Å². The largest absolute Gasteiger partial charge is 0.355 e. The van der Waals surface area contributed by atoms with Crippen LogP contribution in [0.2, 0.25) is 0 Å². The second kappa shape index (κ2) is 6.43. The topological polar surface area (TPSA) is 84.0 Å². The molecule has 0 saturated carbocycles. The van der Waals surface area contributed by atoms with E-state index in [-0.39, 0.29) is 23.5 Å². The Kier molecular flexibility index (Phi) is 4.33. The van der Waals surface area contributed by atoms with Gasteiger partial charge in [-0.25, -0.2) is 4.79 Å². The molecule has 1 aromatic rings. The lowest BCUT2D eigenvalue weighted by Gasteiger charge is -2.34. The molecule has 2 aliphatic heterocycles. The summed E-state index contributed by atoms with van der Waals surface area (Å²) in [5.74, 6) is -2.20. The molecule has 1 saturated heterocycles. The van der Waals surface area contributed by atoms with Gasteiger partial charge < -0.3 is 9.74 Å². The highest BCUT2D eigenvalue weighted by molar-refractivity contribution is 6.20. The first-order chi connectivity index (χ1) is 11.5. The van der Waals surface area contributed by atoms with E-state index >= 15 is 0 Å². The van der Waals surface area contributed by atoms with E-state index in [2.05, 4.69) is 0 Å². The molecule has 0 bridgehead atoms. The lowest BCUT2D eigenvalue weighted by Crippen LogP contribution is -2.50. The molecular formula is C17H18N2O5. The van der Waals surface area contributed by atoms with E-state index < -0.39 is 23.8 Å². The molecular weight excluding hydrogens is 312 g/mol. The van der Waals surface area contributed by atoms with Crippen LogP contribution in [0.5, 0.6) is 0 Å². The summed E-state index contributed by atoms with van der Waals surface area (Å²) >= 11 is 0. The Morgan fingerprint density at radius 3 is 2.33 bits per heavy atom. The number of hydroxylamine groups is 2. The van der Waals surface area contributed by atoms with Gasteiger partial charge in [0.15, 0.2) is 0 Å². The molecule has 0 spiro atoms. The van der Waals surface area contributed by atoms with Crippen molar-refractivity contribution < 1.29 is 24.0 Å². The fourth-order valence-electron chi connectivity index (χ4n) is 3.08. The first-order valence-electron chi connectivity index (χ1n) is 8.03. The van der Waals surface area contributed by atoms with Crippen LogP contribution < -0.4 is 0 Å². The Morgan fingerprint density at radius 1 is 1.12 bits per heavy atom. The number of fused-ring (bicyclic) bond motifs is 1. The van der Waals surface area contributed by atoms with E-state index in [1.165, 1.54) is 17.0 Å². The lowest BCUT2D eigenvalue weighted by atomic mass is 10.0. The minimum absolute atomic E-state index is 0.140. The molecule has 24 heavy (non-hydrogen) atoms. The Labute approximate surface area is 139 Å². The van der Waals surface area contributed by atoms with E-state index in [0.29, 0.717) is 18.0 Å². The van der Waals surface area contributed by atoms with E-state index in [1.54, 1.807) is 19.1 Å². The van der Waals surface area contributed by atoms with Crippen LogP contribution in [-0.2, 0) is 14.4 Å². The van der Waals surface area contributed by atoms with Crippen molar-refractivity contribution in [1.82, 2.24) is 9.96 Å². The van der Waals surface area contributed by atoms with Crippen molar-refractivity contribution in [1.29, 1.82) is 0 Å². The Bertz CT molecular complexity index is 680. The van der Waals surface area contributed by atoms with E-state index in [1.807, 2.05) is 0 Å². The third kappa shape index (κ3) is 2.66. The van der Waals surface area contributed by atoms with Crippen LogP contribution in [0, 0.1) is 0 Å². The van der Waals surface area contributed by atoms with Crippen LogP contribution in [0.3, 0.4) is 0 Å². The van der Waals surface area contributed by atoms with Gasteiger partial charge in [0.1, 0.15) is 6.04 Å². The molecule has 1 unspecified atom stereocenters. The van der Waals surface area contributed by atoms with Gasteiger partial charge in [-0.1, -0.05) is 24.1 Å². The van der Waals surface area contributed by atoms with Crippen LogP contribution >= 0.6 is 0 Å². The van der Waals surface area contributed by atoms with Gasteiger partial charge in [-0.2, -0.15) is 0 Å². The molecule has 1 fully saturated rings. The highest BCUT2D eigenvalue weighted by Gasteiger charge is 2.41. The normalized spacial score (nSPS) is 20.1. The summed E-state index contributed by atoms with van der Waals surface area (Å²) in [6.07, 6.45) is 2.36. The maximum Gasteiger partial charge on any atom is 0.355 e. The molecule has 126 valence electrons. The number of carbonyl (C=O) groups is 4. The molecule has 3 amide bonds. The molecule has 0 radical (unpaired) electrons. The van der Waals surface area contributed by atoms with E-state index in [9.17, 15) is 19.2 Å². The minimum Gasteiger partial charge on any atom is -0.329 e. The number of nitrogens with zero attached hydrogens (tertiary/aromatic N) is 2. The number of amides is 3. The number of hydrogen-bond acceptors (Lipinski definition) is 5. The van der Waals surface area contributed by atoms with E-state index in [0.717, 1.165) is 12.8 Å². The molecule has 0 aromatic heterocycles. The SMILES string of the molecule is CCC(=O)N1CCCCC1C(=O)ON1C(=O)c2ccccc2C1=O. The maximum atomic E-state index is 12.5. The van der Waals surface area contributed by atoms with Crippen molar-refractivity contribution in [2.45, 2.75) is 38.6 Å². The quantitative estimate of drug-likeness (QED) is 0.785. The monoisotopic (exact) mass is 330 g/mol. The van der Waals surface area contributed by atoms with Crippen LogP contribution in [0.1, 0.15) is 53.3 Å². The molecule has 7 heteroatoms. The number of hydrogen-bond donors (Lipinski definition) is 0. The van der Waals surface area contributed by atoms with Gasteiger partial charge in [0.25, 0.3) is 11.8 Å². The van der Waals surface area contributed by atoms with Crippen LogP contribution in [0.25, 0.3) is 0 Å². The van der Waals surface area contributed by atoms with Gasteiger partial charge in [0.2, 0.25) is 5.91 Å². The number of benzene rings is 1. The summed E-state index contributed by atoms with van der Waals surface area (Å²) in [5.41, 5.74) is 0.417. The summed E-state index contributed by atoms with van der Waals surface area (Å²) in [6.45, 7) is 2.21. The zero-order chi connectivity index (χ0) is 17.3. The Hall–Kier alpha value is -2.70. The summed E-state index contributed by atoms with van der Waals surface area (Å²) in [7, 11) is 0. The highest BCUT2D eigenvalue weighted by Crippen LogP contribution is 2.25. The molecule has 2 aliphatic rings. The molecule has 0 N–H and O–H groups in total. The van der Waals surface area contributed by atoms with Crippen molar-refractivity contribution in [3.05, 3.63) is 35.4 Å². The molecule has 1 aromatic carbocycles. The van der Waals surface area contributed by atoms with Crippen molar-refractivity contribution in [2.75, 3.05) is 6.54 Å². The third-order valence-electron chi connectivity index (χ3n) is 4.34. The van der Waals surface area contributed by atoms with Gasteiger partial charge in [0, 0.05) is 13.0 Å². The fourth-order valence-corrected chi connectivity index (χ4v) is 3.08. The second-order valence-corrected chi connectivity index (χ2v) is 5.81. The first kappa shape index (κ1) is 16.2.